The molecule has 0 amide bonds. The Bertz CT molecular complexity index is 804. The molecular formula is C18H21N5O2. The first-order valence-corrected chi connectivity index (χ1v) is 8.29. The molecule has 2 aromatic rings. The summed E-state index contributed by atoms with van der Waals surface area (Å²) in [6.45, 7) is 0.868. The van der Waals surface area contributed by atoms with E-state index in [0.717, 1.165) is 18.5 Å². The van der Waals surface area contributed by atoms with Gasteiger partial charge in [0.15, 0.2) is 5.96 Å². The molecule has 0 unspecified atom stereocenters. The van der Waals surface area contributed by atoms with E-state index in [1.807, 2.05) is 6.07 Å². The number of aryl methyl sites for hydroxylation is 2. The molecule has 0 radical (unpaired) electrons. The number of hydrogen-bond acceptors (Lipinski definition) is 4. The van der Waals surface area contributed by atoms with E-state index in [0.29, 0.717) is 24.7 Å². The molecule has 0 aromatic heterocycles. The zero-order valence-electron chi connectivity index (χ0n) is 13.9. The summed E-state index contributed by atoms with van der Waals surface area (Å²) in [6, 6.07) is 12.8. The summed E-state index contributed by atoms with van der Waals surface area (Å²) >= 11 is 0. The highest BCUT2D eigenvalue weighted by Crippen LogP contribution is 2.25. The highest BCUT2D eigenvalue weighted by atomic mass is 16.6. The predicted octanol–water partition coefficient (Wildman–Crippen LogP) is 2.92. The van der Waals surface area contributed by atoms with Gasteiger partial charge in [0.25, 0.3) is 5.69 Å². The number of benzene rings is 2. The topological polar surface area (TPSA) is 106 Å². The number of nitrogens with zero attached hydrogens (tertiary/aromatic N) is 2. The van der Waals surface area contributed by atoms with Gasteiger partial charge in [0.2, 0.25) is 0 Å². The number of para-hydroxylation sites is 2. The van der Waals surface area contributed by atoms with Gasteiger partial charge in [-0.1, -0.05) is 18.2 Å². The number of anilines is 2. The van der Waals surface area contributed by atoms with Crippen molar-refractivity contribution in [2.24, 2.45) is 10.7 Å². The van der Waals surface area contributed by atoms with E-state index in [4.69, 9.17) is 5.73 Å². The highest BCUT2D eigenvalue weighted by Gasteiger charge is 2.12. The van der Waals surface area contributed by atoms with Crippen molar-refractivity contribution in [1.82, 2.24) is 0 Å². The van der Waals surface area contributed by atoms with Crippen LogP contribution in [0.15, 0.2) is 47.5 Å². The van der Waals surface area contributed by atoms with E-state index in [9.17, 15) is 10.1 Å². The maximum absolute atomic E-state index is 11.0. The monoisotopic (exact) mass is 339 g/mol. The highest BCUT2D eigenvalue weighted by molar-refractivity contribution is 5.92. The molecule has 0 saturated heterocycles. The predicted molar refractivity (Wildman–Crippen MR) is 100 cm³/mol. The van der Waals surface area contributed by atoms with Crippen molar-refractivity contribution in [3.8, 4) is 0 Å². The maximum atomic E-state index is 11.0. The summed E-state index contributed by atoms with van der Waals surface area (Å²) in [7, 11) is 0. The number of hydrogen-bond donors (Lipinski definition) is 3. The quantitative estimate of drug-likeness (QED) is 0.247. The first-order chi connectivity index (χ1) is 12.1. The Morgan fingerprint density at radius 3 is 2.84 bits per heavy atom. The lowest BCUT2D eigenvalue weighted by Crippen LogP contribution is -2.23. The Morgan fingerprint density at radius 2 is 2.00 bits per heavy atom. The van der Waals surface area contributed by atoms with Crippen molar-refractivity contribution in [3.63, 3.8) is 0 Å². The van der Waals surface area contributed by atoms with Gasteiger partial charge >= 0.3 is 0 Å². The molecule has 25 heavy (non-hydrogen) atoms. The summed E-state index contributed by atoms with van der Waals surface area (Å²) < 4.78 is 0. The van der Waals surface area contributed by atoms with Crippen molar-refractivity contribution in [3.05, 3.63) is 63.7 Å². The lowest BCUT2D eigenvalue weighted by molar-refractivity contribution is -0.384. The molecule has 1 aliphatic rings. The molecule has 0 heterocycles. The van der Waals surface area contributed by atoms with E-state index in [1.54, 1.807) is 18.2 Å². The Labute approximate surface area is 146 Å². The van der Waals surface area contributed by atoms with E-state index in [1.165, 1.54) is 23.6 Å². The molecule has 7 nitrogen and oxygen atoms in total. The van der Waals surface area contributed by atoms with Crippen molar-refractivity contribution in [2.45, 2.75) is 19.3 Å². The summed E-state index contributed by atoms with van der Waals surface area (Å²) in [4.78, 5) is 14.8. The number of aliphatic imine (C=N–C) groups is 1. The molecule has 130 valence electrons. The number of nitro benzene ring substituents is 1. The van der Waals surface area contributed by atoms with E-state index in [2.05, 4.69) is 27.8 Å². The van der Waals surface area contributed by atoms with Gasteiger partial charge in [0.1, 0.15) is 5.69 Å². The molecule has 0 saturated carbocycles. The van der Waals surface area contributed by atoms with Gasteiger partial charge in [0.05, 0.1) is 11.5 Å². The molecule has 0 aliphatic heterocycles. The van der Waals surface area contributed by atoms with E-state index < -0.39 is 4.92 Å². The summed E-state index contributed by atoms with van der Waals surface area (Å²) in [5.74, 6) is 0.335. The number of nitro groups is 1. The van der Waals surface area contributed by atoms with Crippen LogP contribution in [0.2, 0.25) is 0 Å². The molecular weight excluding hydrogens is 318 g/mol. The smallest absolute Gasteiger partial charge is 0.292 e. The second-order valence-corrected chi connectivity index (χ2v) is 5.93. The first kappa shape index (κ1) is 16.8. The molecule has 0 atom stereocenters. The summed E-state index contributed by atoms with van der Waals surface area (Å²) in [5.41, 5.74) is 10.2. The zero-order valence-corrected chi connectivity index (χ0v) is 13.9. The maximum Gasteiger partial charge on any atom is 0.292 e. The minimum atomic E-state index is -0.407. The normalized spacial score (nSPS) is 13.4. The Balaban J connectivity index is 1.52. The van der Waals surface area contributed by atoms with Gasteiger partial charge in [-0.25, -0.2) is 0 Å². The third-order valence-electron chi connectivity index (χ3n) is 4.18. The number of guanidine groups is 1. The van der Waals surface area contributed by atoms with Crippen LogP contribution in [0.5, 0.6) is 0 Å². The standard InChI is InChI=1S/C18H21N5O2/c19-18(22-15-9-8-13-4-3-5-14(13)12-15)21-11-10-20-16-6-1-2-7-17(16)23(24)25/h1-2,6-9,12,20H,3-5,10-11H2,(H3,19,21,22). The van der Waals surface area contributed by atoms with E-state index >= 15 is 0 Å². The van der Waals surface area contributed by atoms with Gasteiger partial charge < -0.3 is 16.4 Å². The fraction of sp³-hybridized carbons (Fsp3) is 0.278. The zero-order chi connectivity index (χ0) is 17.6. The van der Waals surface area contributed by atoms with Gasteiger partial charge in [-0.05, 0) is 48.6 Å². The lowest BCUT2D eigenvalue weighted by Gasteiger charge is -2.08. The molecule has 0 spiro atoms. The van der Waals surface area contributed by atoms with Gasteiger partial charge in [-0.3, -0.25) is 15.1 Å². The number of nitrogens with one attached hydrogen (secondary N) is 2. The van der Waals surface area contributed by atoms with Crippen LogP contribution in [0.1, 0.15) is 17.5 Å². The molecule has 0 fully saturated rings. The third-order valence-corrected chi connectivity index (χ3v) is 4.18. The SMILES string of the molecule is NC(=NCCNc1ccccc1[N+](=O)[O-])Nc1ccc2c(c1)CCC2. The van der Waals surface area contributed by atoms with Crippen LogP contribution in [0, 0.1) is 10.1 Å². The minimum absolute atomic E-state index is 0.0516. The van der Waals surface area contributed by atoms with Crippen LogP contribution in [-0.2, 0) is 12.8 Å². The first-order valence-electron chi connectivity index (χ1n) is 8.29. The molecule has 4 N–H and O–H groups in total. The van der Waals surface area contributed by atoms with Gasteiger partial charge in [0, 0.05) is 18.3 Å². The molecule has 3 rings (SSSR count). The van der Waals surface area contributed by atoms with Crippen molar-refractivity contribution >= 4 is 23.0 Å². The van der Waals surface area contributed by atoms with Crippen LogP contribution in [-0.4, -0.2) is 24.0 Å². The summed E-state index contributed by atoms with van der Waals surface area (Å²) in [6.07, 6.45) is 3.47. The number of nitrogens with two attached hydrogens (primary N) is 1. The molecule has 2 aromatic carbocycles. The van der Waals surface area contributed by atoms with E-state index in [-0.39, 0.29) is 5.69 Å². The van der Waals surface area contributed by atoms with Crippen LogP contribution in [0.3, 0.4) is 0 Å². The minimum Gasteiger partial charge on any atom is -0.378 e. The second kappa shape index (κ2) is 7.65. The van der Waals surface area contributed by atoms with Crippen molar-refractivity contribution in [1.29, 1.82) is 0 Å². The Kier molecular flexibility index (Phi) is 5.13. The number of rotatable bonds is 6. The fourth-order valence-electron chi connectivity index (χ4n) is 2.99. The van der Waals surface area contributed by atoms with Gasteiger partial charge in [-0.2, -0.15) is 0 Å². The lowest BCUT2D eigenvalue weighted by atomic mass is 10.1. The average Bonchev–Trinajstić information content (AvgIpc) is 3.06. The molecule has 0 bridgehead atoms. The van der Waals surface area contributed by atoms with Crippen LogP contribution in [0.4, 0.5) is 17.1 Å². The molecule has 1 aliphatic carbocycles. The second-order valence-electron chi connectivity index (χ2n) is 5.93. The Morgan fingerprint density at radius 1 is 1.20 bits per heavy atom. The molecule has 7 heteroatoms. The number of fused-ring (bicyclic) bond motifs is 1. The van der Waals surface area contributed by atoms with Crippen LogP contribution >= 0.6 is 0 Å². The van der Waals surface area contributed by atoms with Crippen LogP contribution in [0.25, 0.3) is 0 Å². The third kappa shape index (κ3) is 4.26. The Hall–Kier alpha value is -3.09. The fourth-order valence-corrected chi connectivity index (χ4v) is 2.99. The average molecular weight is 339 g/mol. The van der Waals surface area contributed by atoms with Gasteiger partial charge in [-0.15, -0.1) is 0 Å². The largest absolute Gasteiger partial charge is 0.378 e. The van der Waals surface area contributed by atoms with Crippen molar-refractivity contribution < 1.29 is 4.92 Å². The van der Waals surface area contributed by atoms with Crippen molar-refractivity contribution in [2.75, 3.05) is 23.7 Å². The van der Waals surface area contributed by atoms with Crippen LogP contribution < -0.4 is 16.4 Å². The summed E-state index contributed by atoms with van der Waals surface area (Å²) in [5, 5.41) is 17.1.